The average Bonchev–Trinajstić information content (AvgIpc) is 3.25. The summed E-state index contributed by atoms with van der Waals surface area (Å²) in [6.45, 7) is 4.03. The van der Waals surface area contributed by atoms with E-state index in [1.54, 1.807) is 30.1 Å². The molecule has 3 aromatic rings. The molecule has 1 aliphatic heterocycles. The van der Waals surface area contributed by atoms with Crippen LogP contribution in [0.4, 0.5) is 10.5 Å². The molecular formula is C21H22N3O2S2+. The molecule has 0 unspecified atom stereocenters. The second kappa shape index (κ2) is 8.24. The molecule has 2 heterocycles. The number of hydrogen-bond donors (Lipinski definition) is 1. The number of amides is 1. The monoisotopic (exact) mass is 412 g/mol. The number of thiazole rings is 1. The number of para-hydroxylation sites is 2. The van der Waals surface area contributed by atoms with Gasteiger partial charge in [-0.25, -0.2) is 4.79 Å². The molecule has 4 rings (SSSR count). The highest BCUT2D eigenvalue weighted by Gasteiger charge is 2.26. The van der Waals surface area contributed by atoms with Gasteiger partial charge < -0.3 is 15.0 Å². The van der Waals surface area contributed by atoms with E-state index in [4.69, 9.17) is 4.74 Å². The van der Waals surface area contributed by atoms with Gasteiger partial charge in [0.05, 0.1) is 16.8 Å². The molecule has 7 heteroatoms. The third kappa shape index (κ3) is 3.59. The van der Waals surface area contributed by atoms with Gasteiger partial charge in [0.2, 0.25) is 5.52 Å². The van der Waals surface area contributed by atoms with Crippen LogP contribution in [0.25, 0.3) is 16.3 Å². The van der Waals surface area contributed by atoms with Crippen molar-refractivity contribution in [1.29, 1.82) is 0 Å². The lowest BCUT2D eigenvalue weighted by molar-refractivity contribution is -0.669. The van der Waals surface area contributed by atoms with Crippen LogP contribution in [0.1, 0.15) is 11.9 Å². The van der Waals surface area contributed by atoms with Gasteiger partial charge in [-0.2, -0.15) is 4.57 Å². The molecule has 0 saturated heterocycles. The van der Waals surface area contributed by atoms with E-state index < -0.39 is 6.09 Å². The minimum Gasteiger partial charge on any atom is -0.443 e. The molecule has 0 aliphatic carbocycles. The Morgan fingerprint density at radius 2 is 2.00 bits per heavy atom. The number of carbonyl (C=O) groups is 1. The van der Waals surface area contributed by atoms with Crippen molar-refractivity contribution in [3.05, 3.63) is 58.6 Å². The van der Waals surface area contributed by atoms with Crippen molar-refractivity contribution in [2.45, 2.75) is 18.4 Å². The van der Waals surface area contributed by atoms with Gasteiger partial charge >= 0.3 is 6.09 Å². The molecule has 0 saturated carbocycles. The third-order valence-electron chi connectivity index (χ3n) is 4.59. The number of ether oxygens (including phenoxy) is 1. The number of thioether (sulfide) groups is 1. The summed E-state index contributed by atoms with van der Waals surface area (Å²) < 4.78 is 8.68. The summed E-state index contributed by atoms with van der Waals surface area (Å²) in [4.78, 5) is 15.0. The molecule has 1 N–H and O–H groups in total. The lowest BCUT2D eigenvalue weighted by Crippen LogP contribution is -2.38. The number of alkyl carbamates (subject to hydrolysis) is 1. The number of anilines is 1. The predicted molar refractivity (Wildman–Crippen MR) is 116 cm³/mol. The minimum atomic E-state index is -0.404. The maximum absolute atomic E-state index is 11.4. The maximum Gasteiger partial charge on any atom is 0.407 e. The van der Waals surface area contributed by atoms with Crippen LogP contribution < -0.4 is 14.8 Å². The van der Waals surface area contributed by atoms with E-state index in [2.05, 4.69) is 70.2 Å². The Morgan fingerprint density at radius 3 is 2.82 bits per heavy atom. The molecule has 28 heavy (non-hydrogen) atoms. The summed E-state index contributed by atoms with van der Waals surface area (Å²) in [6.07, 6.45) is 1.85. The lowest BCUT2D eigenvalue weighted by atomic mass is 10.3. The van der Waals surface area contributed by atoms with Crippen LogP contribution >= 0.6 is 23.1 Å². The van der Waals surface area contributed by atoms with Crippen LogP contribution in [0.15, 0.2) is 58.5 Å². The summed E-state index contributed by atoms with van der Waals surface area (Å²) in [5.41, 5.74) is 2.42. The fraction of sp³-hybridized carbons (Fsp3) is 0.238. The summed E-state index contributed by atoms with van der Waals surface area (Å²) in [6, 6.07) is 16.8. The van der Waals surface area contributed by atoms with Crippen molar-refractivity contribution in [2.24, 2.45) is 0 Å². The first-order chi connectivity index (χ1) is 13.7. The van der Waals surface area contributed by atoms with Crippen molar-refractivity contribution >= 4 is 51.2 Å². The quantitative estimate of drug-likeness (QED) is 0.628. The van der Waals surface area contributed by atoms with E-state index in [0.717, 1.165) is 17.1 Å². The second-order valence-electron chi connectivity index (χ2n) is 6.24. The second-order valence-corrected chi connectivity index (χ2v) is 8.37. The van der Waals surface area contributed by atoms with Gasteiger partial charge in [-0.1, -0.05) is 47.4 Å². The first kappa shape index (κ1) is 18.8. The van der Waals surface area contributed by atoms with E-state index in [9.17, 15) is 4.79 Å². The van der Waals surface area contributed by atoms with Gasteiger partial charge in [-0.15, -0.1) is 0 Å². The Morgan fingerprint density at radius 1 is 1.21 bits per heavy atom. The van der Waals surface area contributed by atoms with Crippen molar-refractivity contribution in [3.63, 3.8) is 0 Å². The Balaban J connectivity index is 1.69. The Bertz CT molecular complexity index is 1050. The van der Waals surface area contributed by atoms with E-state index in [0.29, 0.717) is 13.2 Å². The predicted octanol–water partition coefficient (Wildman–Crippen LogP) is 4.48. The molecule has 144 valence electrons. The number of aromatic nitrogens is 1. The summed E-state index contributed by atoms with van der Waals surface area (Å²) in [7, 11) is 1.57. The van der Waals surface area contributed by atoms with Gasteiger partial charge in [0, 0.05) is 24.6 Å². The van der Waals surface area contributed by atoms with E-state index >= 15 is 0 Å². The van der Waals surface area contributed by atoms with Crippen molar-refractivity contribution in [1.82, 2.24) is 5.32 Å². The number of rotatable bonds is 5. The molecule has 2 aromatic carbocycles. The summed E-state index contributed by atoms with van der Waals surface area (Å²) in [5.74, 6) is 0. The van der Waals surface area contributed by atoms with Crippen LogP contribution in [-0.4, -0.2) is 26.3 Å². The minimum absolute atomic E-state index is 0.325. The highest BCUT2D eigenvalue weighted by atomic mass is 32.2. The zero-order chi connectivity index (χ0) is 19.5. The molecule has 0 atom stereocenters. The Hall–Kier alpha value is -2.51. The third-order valence-corrected chi connectivity index (χ3v) is 6.81. The molecule has 0 fully saturated rings. The maximum atomic E-state index is 11.4. The molecule has 1 aromatic heterocycles. The number of fused-ring (bicyclic) bond motifs is 2. The van der Waals surface area contributed by atoms with E-state index in [1.807, 2.05) is 6.07 Å². The topological polar surface area (TPSA) is 45.5 Å². The zero-order valence-electron chi connectivity index (χ0n) is 15.8. The fourth-order valence-electron chi connectivity index (χ4n) is 3.28. The van der Waals surface area contributed by atoms with Crippen LogP contribution in [0.5, 0.6) is 0 Å². The van der Waals surface area contributed by atoms with Crippen LogP contribution in [-0.2, 0) is 11.3 Å². The van der Waals surface area contributed by atoms with Crippen molar-refractivity contribution in [2.75, 3.05) is 25.1 Å². The zero-order valence-corrected chi connectivity index (χ0v) is 17.5. The number of nitrogens with one attached hydrogen (secondary N) is 1. The van der Waals surface area contributed by atoms with Gasteiger partial charge in [-0.3, -0.25) is 0 Å². The van der Waals surface area contributed by atoms with E-state index in [-0.39, 0.29) is 0 Å². The highest BCUT2D eigenvalue weighted by molar-refractivity contribution is 8.03. The fourth-order valence-corrected chi connectivity index (χ4v) is 5.65. The highest BCUT2D eigenvalue weighted by Crippen LogP contribution is 2.46. The van der Waals surface area contributed by atoms with Crippen molar-refractivity contribution < 1.29 is 14.1 Å². The van der Waals surface area contributed by atoms with E-state index in [1.165, 1.54) is 20.3 Å². The first-order valence-electron chi connectivity index (χ1n) is 9.23. The normalized spacial score (nSPS) is 14.5. The molecule has 1 amide bonds. The largest absolute Gasteiger partial charge is 0.443 e. The van der Waals surface area contributed by atoms with Crippen LogP contribution in [0.2, 0.25) is 0 Å². The molecule has 1 aliphatic rings. The molecular weight excluding hydrogens is 390 g/mol. The molecule has 5 nitrogen and oxygen atoms in total. The number of benzene rings is 2. The van der Waals surface area contributed by atoms with Gasteiger partial charge in [0.25, 0.3) is 5.01 Å². The smallest absolute Gasteiger partial charge is 0.407 e. The van der Waals surface area contributed by atoms with Crippen molar-refractivity contribution in [3.8, 4) is 0 Å². The average molecular weight is 413 g/mol. The molecule has 0 spiro atoms. The molecule has 0 bridgehead atoms. The van der Waals surface area contributed by atoms with Gasteiger partial charge in [0.15, 0.2) is 13.2 Å². The Labute approximate surface area is 172 Å². The van der Waals surface area contributed by atoms with Crippen LogP contribution in [0.3, 0.4) is 0 Å². The number of nitrogens with zero attached hydrogens (tertiary/aromatic N) is 2. The lowest BCUT2D eigenvalue weighted by Gasteiger charge is -2.17. The van der Waals surface area contributed by atoms with Gasteiger partial charge in [-0.05, 0) is 25.1 Å². The standard InChI is InChI=1S/C21H21N3O2S2/c1-3-23-15-8-4-6-10-17(15)27-19(23)14-20-24(12-13-26-21(25)22-2)16-9-5-7-11-18(16)28-20/h4-11,14H,3,12-13H2,1-2H3/p+1. The SMILES string of the molecule is CCN1C(=Cc2sc3ccccc3[n+]2CCOC(=O)NC)Sc2ccccc21. The Kier molecular flexibility index (Phi) is 5.54. The van der Waals surface area contributed by atoms with Crippen LogP contribution in [0, 0.1) is 0 Å². The summed E-state index contributed by atoms with van der Waals surface area (Å²) in [5, 5.41) is 4.86. The molecule has 0 radical (unpaired) electrons. The number of hydrogen-bond acceptors (Lipinski definition) is 5. The number of carbonyl (C=O) groups excluding carboxylic acids is 1. The summed E-state index contributed by atoms with van der Waals surface area (Å²) >= 11 is 3.56. The van der Waals surface area contributed by atoms with Gasteiger partial charge in [0.1, 0.15) is 4.70 Å². The first-order valence-corrected chi connectivity index (χ1v) is 10.9.